The number of rotatable bonds is 8. The molecule has 0 aliphatic rings. The largest absolute Gasteiger partial charge is 0.356 e. The third-order valence-corrected chi connectivity index (χ3v) is 6.30. The van der Waals surface area contributed by atoms with Gasteiger partial charge in [0.15, 0.2) is 0 Å². The number of thiophene rings is 1. The fraction of sp³-hybridized carbons (Fsp3) is 0.240. The molecule has 30 heavy (non-hydrogen) atoms. The Balaban J connectivity index is 1.73. The highest BCUT2D eigenvalue weighted by Gasteiger charge is 2.23. The van der Waals surface area contributed by atoms with Crippen LogP contribution in [0.15, 0.2) is 72.2 Å². The second kappa shape index (κ2) is 9.26. The Labute approximate surface area is 180 Å². The first-order valence-electron chi connectivity index (χ1n) is 10.3. The van der Waals surface area contributed by atoms with E-state index in [2.05, 4.69) is 46.6 Å². The maximum absolute atomic E-state index is 13.3. The number of carbonyl (C=O) groups is 1. The van der Waals surface area contributed by atoms with Gasteiger partial charge in [-0.1, -0.05) is 43.3 Å². The Morgan fingerprint density at radius 3 is 2.63 bits per heavy atom. The molecule has 154 valence electrons. The van der Waals surface area contributed by atoms with Crippen LogP contribution in [0.4, 0.5) is 4.39 Å². The van der Waals surface area contributed by atoms with E-state index < -0.39 is 0 Å². The molecule has 4 rings (SSSR count). The second-order valence-corrected chi connectivity index (χ2v) is 8.46. The van der Waals surface area contributed by atoms with Gasteiger partial charge in [0.25, 0.3) is 0 Å². The molecule has 1 atom stereocenters. The zero-order chi connectivity index (χ0) is 20.9. The van der Waals surface area contributed by atoms with Gasteiger partial charge in [-0.05, 0) is 47.2 Å². The molecule has 1 N–H and O–H groups in total. The molecular weight excluding hydrogens is 395 g/mol. The predicted octanol–water partition coefficient (Wildman–Crippen LogP) is 5.94. The molecule has 0 aliphatic carbocycles. The summed E-state index contributed by atoms with van der Waals surface area (Å²) in [6, 6.07) is 19.1. The van der Waals surface area contributed by atoms with Crippen molar-refractivity contribution in [2.24, 2.45) is 0 Å². The monoisotopic (exact) mass is 420 g/mol. The van der Waals surface area contributed by atoms with Crippen molar-refractivity contribution in [1.82, 2.24) is 9.88 Å². The van der Waals surface area contributed by atoms with Gasteiger partial charge < -0.3 is 9.88 Å². The third kappa shape index (κ3) is 4.46. The smallest absolute Gasteiger partial charge is 0.220 e. The van der Waals surface area contributed by atoms with Gasteiger partial charge >= 0.3 is 0 Å². The van der Waals surface area contributed by atoms with E-state index in [0.717, 1.165) is 28.5 Å². The van der Waals surface area contributed by atoms with Crippen LogP contribution in [0.3, 0.4) is 0 Å². The van der Waals surface area contributed by atoms with Crippen molar-refractivity contribution in [2.75, 3.05) is 6.54 Å². The van der Waals surface area contributed by atoms with Crippen molar-refractivity contribution in [3.8, 4) is 0 Å². The van der Waals surface area contributed by atoms with Crippen molar-refractivity contribution >= 4 is 28.1 Å². The summed E-state index contributed by atoms with van der Waals surface area (Å²) in [6.07, 6.45) is 3.50. The normalized spacial score (nSPS) is 12.2. The molecule has 2 heterocycles. The summed E-state index contributed by atoms with van der Waals surface area (Å²) >= 11 is 1.68. The standard InChI is InChI=1S/C25H25FN2OS/c1-2-13-27-25(29)15-21(24-8-5-14-30-24)22-17-28(23-7-4-3-6-20(22)23)16-18-9-11-19(26)12-10-18/h3-12,14,17,21H,2,13,15-16H2,1H3,(H,27,29). The number of halogens is 1. The minimum absolute atomic E-state index is 0.00113. The molecular formula is C25H25FN2OS. The molecule has 0 radical (unpaired) electrons. The molecule has 0 fully saturated rings. The van der Waals surface area contributed by atoms with Crippen LogP contribution < -0.4 is 5.32 Å². The summed E-state index contributed by atoms with van der Waals surface area (Å²) < 4.78 is 15.5. The van der Waals surface area contributed by atoms with E-state index in [4.69, 9.17) is 0 Å². The fourth-order valence-corrected chi connectivity index (χ4v) is 4.69. The third-order valence-electron chi connectivity index (χ3n) is 5.31. The quantitative estimate of drug-likeness (QED) is 0.376. The van der Waals surface area contributed by atoms with Gasteiger partial charge in [-0.3, -0.25) is 4.79 Å². The highest BCUT2D eigenvalue weighted by atomic mass is 32.1. The van der Waals surface area contributed by atoms with Gasteiger partial charge in [-0.2, -0.15) is 0 Å². The number of nitrogens with zero attached hydrogens (tertiary/aromatic N) is 1. The van der Waals surface area contributed by atoms with E-state index in [1.165, 1.54) is 17.0 Å². The molecule has 0 bridgehead atoms. The fourth-order valence-electron chi connectivity index (χ4n) is 3.85. The van der Waals surface area contributed by atoms with E-state index >= 15 is 0 Å². The second-order valence-electron chi connectivity index (χ2n) is 7.48. The maximum atomic E-state index is 13.3. The molecule has 5 heteroatoms. The molecule has 0 saturated heterocycles. The molecule has 1 unspecified atom stereocenters. The van der Waals surface area contributed by atoms with Gasteiger partial charge in [0.1, 0.15) is 5.82 Å². The van der Waals surface area contributed by atoms with Crippen molar-refractivity contribution in [1.29, 1.82) is 0 Å². The SMILES string of the molecule is CCCNC(=O)CC(c1cccs1)c1cn(Cc2ccc(F)cc2)c2ccccc12. The summed E-state index contributed by atoms with van der Waals surface area (Å²) in [6.45, 7) is 3.41. The van der Waals surface area contributed by atoms with Crippen molar-refractivity contribution < 1.29 is 9.18 Å². The Hall–Kier alpha value is -2.92. The number of benzene rings is 2. The number of amides is 1. The van der Waals surface area contributed by atoms with E-state index in [0.29, 0.717) is 19.5 Å². The minimum Gasteiger partial charge on any atom is -0.356 e. The van der Waals surface area contributed by atoms with Gasteiger partial charge in [-0.25, -0.2) is 4.39 Å². The Morgan fingerprint density at radius 1 is 1.10 bits per heavy atom. The highest BCUT2D eigenvalue weighted by Crippen LogP contribution is 2.37. The van der Waals surface area contributed by atoms with Gasteiger partial charge in [0.2, 0.25) is 5.91 Å². The highest BCUT2D eigenvalue weighted by molar-refractivity contribution is 7.10. The number of fused-ring (bicyclic) bond motifs is 1. The lowest BCUT2D eigenvalue weighted by atomic mass is 9.93. The van der Waals surface area contributed by atoms with Crippen LogP contribution in [0.2, 0.25) is 0 Å². The number of para-hydroxylation sites is 1. The van der Waals surface area contributed by atoms with Gasteiger partial charge in [0.05, 0.1) is 0 Å². The van der Waals surface area contributed by atoms with E-state index in [1.54, 1.807) is 11.3 Å². The lowest BCUT2D eigenvalue weighted by molar-refractivity contribution is -0.121. The summed E-state index contributed by atoms with van der Waals surface area (Å²) in [5.41, 5.74) is 3.31. The first-order chi connectivity index (χ1) is 14.7. The summed E-state index contributed by atoms with van der Waals surface area (Å²) in [7, 11) is 0. The molecule has 2 aromatic heterocycles. The molecule has 0 saturated carbocycles. The number of aromatic nitrogens is 1. The lowest BCUT2D eigenvalue weighted by Gasteiger charge is -2.15. The molecule has 1 amide bonds. The average Bonchev–Trinajstić information content (AvgIpc) is 3.41. The van der Waals surface area contributed by atoms with Crippen LogP contribution in [-0.4, -0.2) is 17.0 Å². The number of nitrogens with one attached hydrogen (secondary N) is 1. The number of carbonyl (C=O) groups excluding carboxylic acids is 1. The minimum atomic E-state index is -0.229. The number of hydrogen-bond acceptors (Lipinski definition) is 2. The molecule has 0 spiro atoms. The van der Waals surface area contributed by atoms with Crippen LogP contribution in [0.5, 0.6) is 0 Å². The van der Waals surface area contributed by atoms with Gasteiger partial charge in [-0.15, -0.1) is 11.3 Å². The Morgan fingerprint density at radius 2 is 1.90 bits per heavy atom. The van der Waals surface area contributed by atoms with Crippen LogP contribution in [0, 0.1) is 5.82 Å². The van der Waals surface area contributed by atoms with Crippen molar-refractivity contribution in [2.45, 2.75) is 32.2 Å². The van der Waals surface area contributed by atoms with Gasteiger partial charge in [0, 0.05) is 47.4 Å². The number of hydrogen-bond donors (Lipinski definition) is 1. The molecule has 4 aromatic rings. The lowest BCUT2D eigenvalue weighted by Crippen LogP contribution is -2.25. The van der Waals surface area contributed by atoms with Crippen LogP contribution in [0.25, 0.3) is 10.9 Å². The Bertz CT molecular complexity index is 1120. The van der Waals surface area contributed by atoms with Crippen molar-refractivity contribution in [3.63, 3.8) is 0 Å². The first-order valence-corrected chi connectivity index (χ1v) is 11.2. The van der Waals surface area contributed by atoms with E-state index in [9.17, 15) is 9.18 Å². The van der Waals surface area contributed by atoms with Crippen LogP contribution in [0.1, 0.15) is 41.7 Å². The average molecular weight is 421 g/mol. The molecule has 3 nitrogen and oxygen atoms in total. The zero-order valence-electron chi connectivity index (χ0n) is 17.0. The molecule has 2 aromatic carbocycles. The van der Waals surface area contributed by atoms with Crippen LogP contribution >= 0.6 is 11.3 Å². The van der Waals surface area contributed by atoms with E-state index in [1.807, 2.05) is 30.3 Å². The summed E-state index contributed by atoms with van der Waals surface area (Å²) in [5.74, 6) is -0.153. The Kier molecular flexibility index (Phi) is 6.29. The molecule has 0 aliphatic heterocycles. The van der Waals surface area contributed by atoms with Crippen molar-refractivity contribution in [3.05, 3.63) is 94.1 Å². The van der Waals surface area contributed by atoms with E-state index in [-0.39, 0.29) is 17.6 Å². The first kappa shape index (κ1) is 20.4. The topological polar surface area (TPSA) is 34.0 Å². The van der Waals surface area contributed by atoms with Crippen LogP contribution in [-0.2, 0) is 11.3 Å². The predicted molar refractivity (Wildman–Crippen MR) is 122 cm³/mol. The zero-order valence-corrected chi connectivity index (χ0v) is 17.8. The summed E-state index contributed by atoms with van der Waals surface area (Å²) in [4.78, 5) is 13.8. The summed E-state index contributed by atoms with van der Waals surface area (Å²) in [5, 5.41) is 6.23. The maximum Gasteiger partial charge on any atom is 0.220 e.